The molecule has 0 amide bonds. The Morgan fingerprint density at radius 3 is 1.70 bits per heavy atom. The van der Waals surface area contributed by atoms with Crippen molar-refractivity contribution >= 4 is 25.3 Å². The number of halogens is 6. The van der Waals surface area contributed by atoms with Gasteiger partial charge in [0.1, 0.15) is 7.05 Å². The Hall–Kier alpha value is -2.92. The number of fused-ring (bicyclic) bond motifs is 1. The second-order valence-electron chi connectivity index (χ2n) is 8.37. The molecule has 3 aromatic carbocycles. The van der Waals surface area contributed by atoms with Crippen molar-refractivity contribution in [3.8, 4) is 11.1 Å². The minimum absolute atomic E-state index is 0.0197. The van der Waals surface area contributed by atoms with Crippen LogP contribution in [-0.2, 0) is 5.41 Å². The number of rotatable bonds is 3. The summed E-state index contributed by atoms with van der Waals surface area (Å²) < 4.78 is 61.5. The zero-order valence-electron chi connectivity index (χ0n) is 18.3. The molecule has 0 saturated heterocycles. The molecule has 0 saturated carbocycles. The van der Waals surface area contributed by atoms with E-state index in [-0.39, 0.29) is 5.41 Å². The first kappa shape index (κ1) is 24.7. The molecule has 0 aromatic heterocycles. The first-order chi connectivity index (χ1) is 15.0. The van der Waals surface area contributed by atoms with Crippen LogP contribution in [0.1, 0.15) is 25.0 Å². The second-order valence-corrected chi connectivity index (χ2v) is 10.3. The molecule has 176 valence electrons. The average Bonchev–Trinajstić information content (AvgIpc) is 2.91. The van der Waals surface area contributed by atoms with Gasteiger partial charge in [-0.3, -0.25) is 0 Å². The fourth-order valence-corrected chi connectivity index (χ4v) is 3.89. The van der Waals surface area contributed by atoms with E-state index >= 15 is 0 Å². The fourth-order valence-electron chi connectivity index (χ4n) is 3.89. The van der Waals surface area contributed by atoms with Gasteiger partial charge in [-0.2, -0.15) is 4.58 Å². The maximum atomic E-state index is 9.87. The summed E-state index contributed by atoms with van der Waals surface area (Å²) in [6, 6.07) is 27.9. The summed E-state index contributed by atoms with van der Waals surface area (Å²) in [5, 5.41) is 0. The van der Waals surface area contributed by atoms with Gasteiger partial charge in [0.2, 0.25) is 5.69 Å². The molecule has 1 heterocycles. The minimum atomic E-state index is -10.7. The molecule has 0 fully saturated rings. The van der Waals surface area contributed by atoms with Gasteiger partial charge in [-0.15, -0.1) is 0 Å². The third-order valence-corrected chi connectivity index (χ3v) is 5.39. The summed E-state index contributed by atoms with van der Waals surface area (Å²) in [6.07, 6.45) is 4.48. The average molecular weight is 483 g/mol. The number of allylic oxidation sites excluding steroid dienone is 1. The zero-order valence-corrected chi connectivity index (χ0v) is 19.2. The third-order valence-electron chi connectivity index (χ3n) is 5.39. The molecule has 1 nitrogen and oxygen atoms in total. The van der Waals surface area contributed by atoms with Crippen molar-refractivity contribution < 1.29 is 29.8 Å². The standard InChI is InChI=1S/C25H24N.F6P/c1-25(2)22-11-7-8-12-23(22)26(3)24(25)18-15-19-13-16-21(17-14-19)20-9-5-4-6-10-20;1-7(2,3,4,5)6/h4-18H,1-3H3;/q+1;-1/b18-15+;. The van der Waals surface area contributed by atoms with E-state index in [1.807, 2.05) is 0 Å². The van der Waals surface area contributed by atoms with Crippen LogP contribution < -0.4 is 0 Å². The van der Waals surface area contributed by atoms with Crippen LogP contribution in [0.15, 0.2) is 84.9 Å². The van der Waals surface area contributed by atoms with Gasteiger partial charge >= 0.3 is 33.0 Å². The number of nitrogens with zero attached hydrogens (tertiary/aromatic N) is 1. The van der Waals surface area contributed by atoms with Gasteiger partial charge in [-0.1, -0.05) is 72.8 Å². The van der Waals surface area contributed by atoms with Crippen molar-refractivity contribution in [1.29, 1.82) is 0 Å². The molecule has 4 rings (SSSR count). The Labute approximate surface area is 188 Å². The molecule has 0 N–H and O–H groups in total. The Morgan fingerprint density at radius 1 is 0.667 bits per heavy atom. The SMILES string of the molecule is C[N+]1=C(/C=C/c2ccc(-c3ccccc3)cc2)C(C)(C)c2ccccc21.F[P-](F)(F)(F)(F)F. The summed E-state index contributed by atoms with van der Waals surface area (Å²) >= 11 is 0. The molecular weight excluding hydrogens is 459 g/mol. The summed E-state index contributed by atoms with van der Waals surface area (Å²) in [7, 11) is -8.50. The molecule has 0 bridgehead atoms. The van der Waals surface area contributed by atoms with Crippen molar-refractivity contribution in [2.24, 2.45) is 0 Å². The quantitative estimate of drug-likeness (QED) is 0.198. The van der Waals surface area contributed by atoms with Gasteiger partial charge < -0.3 is 0 Å². The molecule has 0 radical (unpaired) electrons. The predicted octanol–water partition coefficient (Wildman–Crippen LogP) is 9.46. The van der Waals surface area contributed by atoms with Crippen LogP contribution in [0.5, 0.6) is 0 Å². The van der Waals surface area contributed by atoms with E-state index in [4.69, 9.17) is 0 Å². The van der Waals surface area contributed by atoms with E-state index in [9.17, 15) is 25.2 Å². The molecular formula is C25H24F6NP. The molecule has 0 unspecified atom stereocenters. The third kappa shape index (κ3) is 7.03. The van der Waals surface area contributed by atoms with Crippen LogP contribution in [0.2, 0.25) is 0 Å². The van der Waals surface area contributed by atoms with Crippen molar-refractivity contribution in [3.05, 3.63) is 96.1 Å². The Bertz CT molecular complexity index is 1200. The monoisotopic (exact) mass is 483 g/mol. The van der Waals surface area contributed by atoms with Gasteiger partial charge in [0.15, 0.2) is 5.71 Å². The summed E-state index contributed by atoms with van der Waals surface area (Å²) in [4.78, 5) is 0. The molecule has 1 aliphatic rings. The molecule has 33 heavy (non-hydrogen) atoms. The van der Waals surface area contributed by atoms with Gasteiger partial charge in [-0.05, 0) is 36.6 Å². The number of benzene rings is 3. The maximum absolute atomic E-state index is 10.7. The van der Waals surface area contributed by atoms with E-state index in [0.717, 1.165) is 0 Å². The molecule has 0 atom stereocenters. The van der Waals surface area contributed by atoms with Crippen LogP contribution in [0.4, 0.5) is 30.9 Å². The Balaban J connectivity index is 0.000000383. The van der Waals surface area contributed by atoms with E-state index < -0.39 is 7.81 Å². The molecule has 0 spiro atoms. The normalized spacial score (nSPS) is 17.1. The van der Waals surface area contributed by atoms with Crippen LogP contribution in [0.25, 0.3) is 17.2 Å². The first-order valence-corrected chi connectivity index (χ1v) is 12.2. The first-order valence-electron chi connectivity index (χ1n) is 10.1. The van der Waals surface area contributed by atoms with E-state index in [1.165, 1.54) is 33.7 Å². The van der Waals surface area contributed by atoms with Gasteiger partial charge in [-0.25, -0.2) is 0 Å². The van der Waals surface area contributed by atoms with Crippen molar-refractivity contribution in [2.75, 3.05) is 7.05 Å². The van der Waals surface area contributed by atoms with Crippen LogP contribution in [0.3, 0.4) is 0 Å². The van der Waals surface area contributed by atoms with Crippen LogP contribution in [0, 0.1) is 0 Å². The second kappa shape index (κ2) is 7.84. The molecule has 8 heteroatoms. The van der Waals surface area contributed by atoms with Crippen molar-refractivity contribution in [3.63, 3.8) is 0 Å². The molecule has 1 aliphatic heterocycles. The van der Waals surface area contributed by atoms with Crippen LogP contribution >= 0.6 is 7.81 Å². The predicted molar refractivity (Wildman–Crippen MR) is 125 cm³/mol. The van der Waals surface area contributed by atoms with Gasteiger partial charge in [0.25, 0.3) is 0 Å². The number of para-hydroxylation sites is 1. The molecule has 3 aromatic rings. The van der Waals surface area contributed by atoms with Crippen LogP contribution in [-0.4, -0.2) is 17.3 Å². The number of hydrogen-bond donors (Lipinski definition) is 0. The van der Waals surface area contributed by atoms with E-state index in [2.05, 4.69) is 116 Å². The van der Waals surface area contributed by atoms with Gasteiger partial charge in [0, 0.05) is 17.7 Å². The summed E-state index contributed by atoms with van der Waals surface area (Å²) in [5.74, 6) is 0. The summed E-state index contributed by atoms with van der Waals surface area (Å²) in [6.45, 7) is 4.60. The topological polar surface area (TPSA) is 3.01 Å². The van der Waals surface area contributed by atoms with Gasteiger partial charge in [0.05, 0.1) is 5.41 Å². The Kier molecular flexibility index (Phi) is 5.87. The Morgan fingerprint density at radius 2 is 1.15 bits per heavy atom. The summed E-state index contributed by atoms with van der Waals surface area (Å²) in [5.41, 5.74) is 7.76. The van der Waals surface area contributed by atoms with E-state index in [0.29, 0.717) is 0 Å². The fraction of sp³-hybridized carbons (Fsp3) is 0.160. The molecule has 0 aliphatic carbocycles. The van der Waals surface area contributed by atoms with Crippen molar-refractivity contribution in [2.45, 2.75) is 19.3 Å². The number of hydrogen-bond acceptors (Lipinski definition) is 0. The van der Waals surface area contributed by atoms with Crippen molar-refractivity contribution in [1.82, 2.24) is 0 Å². The van der Waals surface area contributed by atoms with E-state index in [1.54, 1.807) is 0 Å². The zero-order chi connectivity index (χ0) is 24.6.